The minimum Gasteiger partial charge on any atom is -0.386 e. The molecule has 0 bridgehead atoms. The summed E-state index contributed by atoms with van der Waals surface area (Å²) in [6.45, 7) is 4.11. The Morgan fingerprint density at radius 1 is 1.31 bits per heavy atom. The molecule has 2 rings (SSSR count). The second-order valence-electron chi connectivity index (χ2n) is 3.81. The van der Waals surface area contributed by atoms with Crippen LogP contribution in [0, 0.1) is 25.2 Å². The topological polar surface area (TPSA) is 48.7 Å². The van der Waals surface area contributed by atoms with E-state index in [9.17, 15) is 0 Å². The molecule has 3 heteroatoms. The molecule has 0 saturated carbocycles. The molecule has 0 aliphatic rings. The normalized spacial score (nSPS) is 10.1. The van der Waals surface area contributed by atoms with Crippen LogP contribution in [-0.4, -0.2) is 12.0 Å². The highest BCUT2D eigenvalue weighted by atomic mass is 14.8. The summed E-state index contributed by atoms with van der Waals surface area (Å²) < 4.78 is 0. The van der Waals surface area contributed by atoms with Gasteiger partial charge in [0.1, 0.15) is 6.07 Å². The van der Waals surface area contributed by atoms with Crippen LogP contribution in [0.5, 0.6) is 0 Å². The molecule has 2 aromatic rings. The summed E-state index contributed by atoms with van der Waals surface area (Å²) in [6, 6.07) is 6.22. The van der Waals surface area contributed by atoms with Crippen molar-refractivity contribution in [3.8, 4) is 6.07 Å². The first-order chi connectivity index (χ1) is 7.69. The van der Waals surface area contributed by atoms with Gasteiger partial charge >= 0.3 is 0 Å². The first-order valence-electron chi connectivity index (χ1n) is 5.15. The Bertz CT molecular complexity index is 594. The molecule has 16 heavy (non-hydrogen) atoms. The number of benzene rings is 1. The van der Waals surface area contributed by atoms with Crippen LogP contribution < -0.4 is 5.32 Å². The van der Waals surface area contributed by atoms with E-state index >= 15 is 0 Å². The van der Waals surface area contributed by atoms with Crippen molar-refractivity contribution < 1.29 is 0 Å². The molecular formula is C13H13N3. The van der Waals surface area contributed by atoms with Gasteiger partial charge in [-0.2, -0.15) is 5.26 Å². The molecule has 0 unspecified atom stereocenters. The SMILES string of the molecule is CNc1c(C#N)cnc2c(C)c(C)ccc12. The predicted molar refractivity (Wildman–Crippen MR) is 65.5 cm³/mol. The Balaban J connectivity index is 2.91. The summed E-state index contributed by atoms with van der Waals surface area (Å²) in [5.74, 6) is 0. The van der Waals surface area contributed by atoms with E-state index in [0.29, 0.717) is 5.56 Å². The van der Waals surface area contributed by atoms with Crippen LogP contribution in [0.2, 0.25) is 0 Å². The molecule has 1 aromatic carbocycles. The maximum atomic E-state index is 9.00. The number of pyridine rings is 1. The summed E-state index contributed by atoms with van der Waals surface area (Å²) in [4.78, 5) is 4.36. The monoisotopic (exact) mass is 211 g/mol. The van der Waals surface area contributed by atoms with Gasteiger partial charge in [0, 0.05) is 18.6 Å². The number of fused-ring (bicyclic) bond motifs is 1. The van der Waals surface area contributed by atoms with Gasteiger partial charge in [0.2, 0.25) is 0 Å². The van der Waals surface area contributed by atoms with Gasteiger partial charge in [0.15, 0.2) is 0 Å². The number of rotatable bonds is 1. The van der Waals surface area contributed by atoms with E-state index in [4.69, 9.17) is 5.26 Å². The van der Waals surface area contributed by atoms with Gasteiger partial charge in [0.25, 0.3) is 0 Å². The van der Waals surface area contributed by atoms with Crippen molar-refractivity contribution >= 4 is 16.6 Å². The third-order valence-electron chi connectivity index (χ3n) is 2.93. The van der Waals surface area contributed by atoms with E-state index in [1.54, 1.807) is 6.20 Å². The van der Waals surface area contributed by atoms with Gasteiger partial charge in [-0.1, -0.05) is 12.1 Å². The highest BCUT2D eigenvalue weighted by Crippen LogP contribution is 2.28. The minimum absolute atomic E-state index is 0.582. The highest BCUT2D eigenvalue weighted by molar-refractivity contribution is 5.95. The van der Waals surface area contributed by atoms with Crippen molar-refractivity contribution in [1.29, 1.82) is 5.26 Å². The molecule has 0 spiro atoms. The van der Waals surface area contributed by atoms with E-state index in [1.165, 1.54) is 11.1 Å². The summed E-state index contributed by atoms with van der Waals surface area (Å²) in [5.41, 5.74) is 4.78. The molecule has 0 amide bonds. The van der Waals surface area contributed by atoms with Gasteiger partial charge in [-0.3, -0.25) is 4.98 Å². The lowest BCUT2D eigenvalue weighted by atomic mass is 10.0. The minimum atomic E-state index is 0.582. The smallest absolute Gasteiger partial charge is 0.103 e. The van der Waals surface area contributed by atoms with Gasteiger partial charge in [-0.15, -0.1) is 0 Å². The molecule has 0 radical (unpaired) electrons. The van der Waals surface area contributed by atoms with E-state index in [-0.39, 0.29) is 0 Å². The number of nitriles is 1. The molecule has 1 N–H and O–H groups in total. The quantitative estimate of drug-likeness (QED) is 0.789. The van der Waals surface area contributed by atoms with Crippen molar-refractivity contribution in [2.24, 2.45) is 0 Å². The number of nitrogens with zero attached hydrogens (tertiary/aromatic N) is 2. The fourth-order valence-corrected chi connectivity index (χ4v) is 1.86. The van der Waals surface area contributed by atoms with Crippen molar-refractivity contribution in [1.82, 2.24) is 4.98 Å². The standard InChI is InChI=1S/C13H13N3/c1-8-4-5-11-12(9(8)2)16-7-10(6-14)13(11)15-3/h4-5,7H,1-3H3,(H,15,16). The van der Waals surface area contributed by atoms with E-state index in [1.807, 2.05) is 13.1 Å². The third kappa shape index (κ3) is 1.40. The average molecular weight is 211 g/mol. The maximum absolute atomic E-state index is 9.00. The Morgan fingerprint density at radius 3 is 2.69 bits per heavy atom. The van der Waals surface area contributed by atoms with Crippen LogP contribution in [0.1, 0.15) is 16.7 Å². The second-order valence-corrected chi connectivity index (χ2v) is 3.81. The van der Waals surface area contributed by atoms with Crippen molar-refractivity contribution in [2.45, 2.75) is 13.8 Å². The number of hydrogen-bond donors (Lipinski definition) is 1. The maximum Gasteiger partial charge on any atom is 0.103 e. The second kappa shape index (κ2) is 3.82. The van der Waals surface area contributed by atoms with Gasteiger partial charge in [-0.05, 0) is 25.0 Å². The fraction of sp³-hybridized carbons (Fsp3) is 0.231. The van der Waals surface area contributed by atoms with Crippen molar-refractivity contribution in [2.75, 3.05) is 12.4 Å². The van der Waals surface area contributed by atoms with E-state index < -0.39 is 0 Å². The van der Waals surface area contributed by atoms with E-state index in [2.05, 4.69) is 36.3 Å². The lowest BCUT2D eigenvalue weighted by Crippen LogP contribution is -1.97. The zero-order valence-corrected chi connectivity index (χ0v) is 9.63. The van der Waals surface area contributed by atoms with Crippen LogP contribution in [0.25, 0.3) is 10.9 Å². The first kappa shape index (κ1) is 10.4. The van der Waals surface area contributed by atoms with Crippen LogP contribution in [-0.2, 0) is 0 Å². The zero-order chi connectivity index (χ0) is 11.7. The molecule has 1 heterocycles. The number of anilines is 1. The molecular weight excluding hydrogens is 198 g/mol. The largest absolute Gasteiger partial charge is 0.386 e. The Labute approximate surface area is 94.7 Å². The third-order valence-corrected chi connectivity index (χ3v) is 2.93. The van der Waals surface area contributed by atoms with Gasteiger partial charge in [0.05, 0.1) is 16.8 Å². The lowest BCUT2D eigenvalue weighted by Gasteiger charge is -2.10. The Hall–Kier alpha value is -2.08. The molecule has 0 fully saturated rings. The highest BCUT2D eigenvalue weighted by Gasteiger charge is 2.09. The van der Waals surface area contributed by atoms with Gasteiger partial charge < -0.3 is 5.32 Å². The fourth-order valence-electron chi connectivity index (χ4n) is 1.86. The van der Waals surface area contributed by atoms with Gasteiger partial charge in [-0.25, -0.2) is 0 Å². The molecule has 3 nitrogen and oxygen atoms in total. The van der Waals surface area contributed by atoms with Crippen molar-refractivity contribution in [3.63, 3.8) is 0 Å². The van der Waals surface area contributed by atoms with Crippen LogP contribution in [0.4, 0.5) is 5.69 Å². The summed E-state index contributed by atoms with van der Waals surface area (Å²) in [6.07, 6.45) is 1.63. The number of nitrogens with one attached hydrogen (secondary N) is 1. The number of aryl methyl sites for hydroxylation is 2. The lowest BCUT2D eigenvalue weighted by molar-refractivity contribution is 1.29. The molecule has 0 saturated heterocycles. The molecule has 0 atom stereocenters. The molecule has 80 valence electrons. The Kier molecular flexibility index (Phi) is 2.49. The summed E-state index contributed by atoms with van der Waals surface area (Å²) in [7, 11) is 1.82. The molecule has 0 aliphatic heterocycles. The summed E-state index contributed by atoms with van der Waals surface area (Å²) in [5, 5.41) is 13.1. The average Bonchev–Trinajstić information content (AvgIpc) is 2.32. The van der Waals surface area contributed by atoms with Crippen LogP contribution in [0.3, 0.4) is 0 Å². The van der Waals surface area contributed by atoms with Crippen LogP contribution >= 0.6 is 0 Å². The van der Waals surface area contributed by atoms with Crippen molar-refractivity contribution in [3.05, 3.63) is 35.0 Å². The first-order valence-corrected chi connectivity index (χ1v) is 5.15. The number of aromatic nitrogens is 1. The van der Waals surface area contributed by atoms with E-state index in [0.717, 1.165) is 16.6 Å². The zero-order valence-electron chi connectivity index (χ0n) is 9.63. The predicted octanol–water partition coefficient (Wildman–Crippen LogP) is 2.77. The van der Waals surface area contributed by atoms with Crippen LogP contribution in [0.15, 0.2) is 18.3 Å². The number of hydrogen-bond acceptors (Lipinski definition) is 3. The summed E-state index contributed by atoms with van der Waals surface area (Å²) >= 11 is 0. The molecule has 1 aromatic heterocycles. The Morgan fingerprint density at radius 2 is 2.06 bits per heavy atom. The molecule has 0 aliphatic carbocycles.